The Labute approximate surface area is 119 Å². The Balaban J connectivity index is 1.96. The number of amides is 1. The SMILES string of the molecule is CC1CCCC(C)N1CC(=O)Nc1cccnc1Cl. The lowest BCUT2D eigenvalue weighted by Crippen LogP contribution is -2.47. The van der Waals surface area contributed by atoms with Crippen molar-refractivity contribution in [1.29, 1.82) is 0 Å². The number of anilines is 1. The van der Waals surface area contributed by atoms with Gasteiger partial charge in [0.2, 0.25) is 5.91 Å². The van der Waals surface area contributed by atoms with Gasteiger partial charge in [0.05, 0.1) is 12.2 Å². The van der Waals surface area contributed by atoms with Gasteiger partial charge >= 0.3 is 0 Å². The Kier molecular flexibility index (Phi) is 4.77. The fourth-order valence-corrected chi connectivity index (χ4v) is 2.79. The Morgan fingerprint density at radius 1 is 1.47 bits per heavy atom. The summed E-state index contributed by atoms with van der Waals surface area (Å²) in [6.07, 6.45) is 5.16. The zero-order valence-corrected chi connectivity index (χ0v) is 12.2. The zero-order valence-electron chi connectivity index (χ0n) is 11.4. The first-order valence-corrected chi connectivity index (χ1v) is 7.12. The number of hydrogen-bond acceptors (Lipinski definition) is 3. The molecule has 0 aromatic carbocycles. The Bertz CT molecular complexity index is 442. The summed E-state index contributed by atoms with van der Waals surface area (Å²) in [6.45, 7) is 4.77. The van der Waals surface area contributed by atoms with Crippen LogP contribution in [0.5, 0.6) is 0 Å². The molecule has 19 heavy (non-hydrogen) atoms. The summed E-state index contributed by atoms with van der Waals surface area (Å²) in [6, 6.07) is 4.43. The molecule has 1 saturated heterocycles. The first-order valence-electron chi connectivity index (χ1n) is 6.74. The highest BCUT2D eigenvalue weighted by Gasteiger charge is 2.26. The third kappa shape index (κ3) is 3.67. The van der Waals surface area contributed by atoms with Crippen molar-refractivity contribution in [3.05, 3.63) is 23.5 Å². The van der Waals surface area contributed by atoms with E-state index in [1.807, 2.05) is 0 Å². The van der Waals surface area contributed by atoms with E-state index in [0.717, 1.165) is 12.8 Å². The maximum absolute atomic E-state index is 12.1. The molecular formula is C14H20ClN3O. The Morgan fingerprint density at radius 2 is 2.16 bits per heavy atom. The lowest BCUT2D eigenvalue weighted by atomic mass is 9.97. The number of halogens is 1. The van der Waals surface area contributed by atoms with Crippen LogP contribution in [0.1, 0.15) is 33.1 Å². The van der Waals surface area contributed by atoms with Gasteiger partial charge in [-0.3, -0.25) is 9.69 Å². The van der Waals surface area contributed by atoms with Crippen LogP contribution in [0.3, 0.4) is 0 Å². The van der Waals surface area contributed by atoms with Crippen LogP contribution in [0, 0.1) is 0 Å². The van der Waals surface area contributed by atoms with Crippen molar-refractivity contribution in [1.82, 2.24) is 9.88 Å². The van der Waals surface area contributed by atoms with E-state index >= 15 is 0 Å². The van der Waals surface area contributed by atoms with Gasteiger partial charge in [0.15, 0.2) is 5.15 Å². The van der Waals surface area contributed by atoms with E-state index < -0.39 is 0 Å². The quantitative estimate of drug-likeness (QED) is 0.867. The van der Waals surface area contributed by atoms with Crippen molar-refractivity contribution in [3.8, 4) is 0 Å². The van der Waals surface area contributed by atoms with Crippen LogP contribution in [-0.4, -0.2) is 34.4 Å². The van der Waals surface area contributed by atoms with E-state index in [2.05, 4.69) is 29.0 Å². The molecule has 1 amide bonds. The molecule has 0 bridgehead atoms. The molecular weight excluding hydrogens is 262 g/mol. The summed E-state index contributed by atoms with van der Waals surface area (Å²) in [5, 5.41) is 3.15. The van der Waals surface area contributed by atoms with Gasteiger partial charge in [-0.25, -0.2) is 4.98 Å². The lowest BCUT2D eigenvalue weighted by molar-refractivity contribution is -0.118. The highest BCUT2D eigenvalue weighted by Crippen LogP contribution is 2.22. The third-order valence-corrected chi connectivity index (χ3v) is 4.04. The summed E-state index contributed by atoms with van der Waals surface area (Å²) < 4.78 is 0. The van der Waals surface area contributed by atoms with E-state index in [-0.39, 0.29) is 5.91 Å². The van der Waals surface area contributed by atoms with Gasteiger partial charge in [0, 0.05) is 18.3 Å². The fourth-order valence-electron chi connectivity index (χ4n) is 2.62. The van der Waals surface area contributed by atoms with Crippen molar-refractivity contribution in [2.24, 2.45) is 0 Å². The monoisotopic (exact) mass is 281 g/mol. The molecule has 2 unspecified atom stereocenters. The minimum Gasteiger partial charge on any atom is -0.322 e. The molecule has 2 rings (SSSR count). The fraction of sp³-hybridized carbons (Fsp3) is 0.571. The second-order valence-electron chi connectivity index (χ2n) is 5.19. The van der Waals surface area contributed by atoms with E-state index in [1.54, 1.807) is 18.3 Å². The van der Waals surface area contributed by atoms with Crippen molar-refractivity contribution in [2.75, 3.05) is 11.9 Å². The van der Waals surface area contributed by atoms with E-state index in [9.17, 15) is 4.79 Å². The van der Waals surface area contributed by atoms with Gasteiger partial charge in [0.1, 0.15) is 0 Å². The molecule has 5 heteroatoms. The predicted octanol–water partition coefficient (Wildman–Crippen LogP) is 2.94. The summed E-state index contributed by atoms with van der Waals surface area (Å²) in [4.78, 5) is 18.3. The third-order valence-electron chi connectivity index (χ3n) is 3.74. The smallest absolute Gasteiger partial charge is 0.238 e. The van der Waals surface area contributed by atoms with Gasteiger partial charge in [-0.15, -0.1) is 0 Å². The predicted molar refractivity (Wildman–Crippen MR) is 77.4 cm³/mol. The van der Waals surface area contributed by atoms with Crippen LogP contribution in [0.25, 0.3) is 0 Å². The number of carbonyl (C=O) groups excluding carboxylic acids is 1. The van der Waals surface area contributed by atoms with E-state index in [0.29, 0.717) is 29.5 Å². The first-order chi connectivity index (χ1) is 9.08. The second kappa shape index (κ2) is 6.35. The maximum Gasteiger partial charge on any atom is 0.238 e. The molecule has 0 radical (unpaired) electrons. The minimum absolute atomic E-state index is 0.0319. The van der Waals surface area contributed by atoms with Crippen LogP contribution in [0.15, 0.2) is 18.3 Å². The number of hydrogen-bond donors (Lipinski definition) is 1. The molecule has 1 aromatic rings. The lowest BCUT2D eigenvalue weighted by Gasteiger charge is -2.38. The van der Waals surface area contributed by atoms with Crippen LogP contribution in [0.4, 0.5) is 5.69 Å². The number of pyridine rings is 1. The van der Waals surface area contributed by atoms with Crippen molar-refractivity contribution < 1.29 is 4.79 Å². The average Bonchev–Trinajstić information content (AvgIpc) is 2.37. The molecule has 0 aliphatic carbocycles. The summed E-state index contributed by atoms with van der Waals surface area (Å²) in [7, 11) is 0. The van der Waals surface area contributed by atoms with Gasteiger partial charge in [-0.2, -0.15) is 0 Å². The van der Waals surface area contributed by atoms with Gasteiger partial charge in [0.25, 0.3) is 0 Å². The standard InChI is InChI=1S/C14H20ClN3O/c1-10-5-3-6-11(2)18(10)9-13(19)17-12-7-4-8-16-14(12)15/h4,7-8,10-11H,3,5-6,9H2,1-2H3,(H,17,19). The van der Waals surface area contributed by atoms with Crippen LogP contribution in [-0.2, 0) is 4.79 Å². The molecule has 0 spiro atoms. The van der Waals surface area contributed by atoms with Crippen LogP contribution < -0.4 is 5.32 Å². The van der Waals surface area contributed by atoms with Crippen molar-refractivity contribution >= 4 is 23.2 Å². The molecule has 1 fully saturated rings. The summed E-state index contributed by atoms with van der Waals surface area (Å²) in [5.41, 5.74) is 0.575. The van der Waals surface area contributed by atoms with E-state index in [1.165, 1.54) is 6.42 Å². The van der Waals surface area contributed by atoms with Crippen molar-refractivity contribution in [2.45, 2.75) is 45.2 Å². The summed E-state index contributed by atoms with van der Waals surface area (Å²) >= 11 is 5.93. The molecule has 2 atom stereocenters. The largest absolute Gasteiger partial charge is 0.322 e. The number of likely N-dealkylation sites (tertiary alicyclic amines) is 1. The first kappa shape index (κ1) is 14.3. The van der Waals surface area contributed by atoms with Crippen LogP contribution >= 0.6 is 11.6 Å². The van der Waals surface area contributed by atoms with E-state index in [4.69, 9.17) is 11.6 Å². The highest BCUT2D eigenvalue weighted by atomic mass is 35.5. The molecule has 104 valence electrons. The normalized spacial score (nSPS) is 24.2. The minimum atomic E-state index is -0.0319. The van der Waals surface area contributed by atoms with Crippen molar-refractivity contribution in [3.63, 3.8) is 0 Å². The second-order valence-corrected chi connectivity index (χ2v) is 5.55. The number of nitrogens with one attached hydrogen (secondary N) is 1. The number of rotatable bonds is 3. The van der Waals surface area contributed by atoms with Gasteiger partial charge in [-0.05, 0) is 38.8 Å². The number of nitrogens with zero attached hydrogens (tertiary/aromatic N) is 2. The number of piperidine rings is 1. The van der Waals surface area contributed by atoms with Crippen LogP contribution in [0.2, 0.25) is 5.15 Å². The molecule has 4 nitrogen and oxygen atoms in total. The zero-order chi connectivity index (χ0) is 13.8. The van der Waals surface area contributed by atoms with Gasteiger partial charge in [-0.1, -0.05) is 18.0 Å². The maximum atomic E-state index is 12.1. The topological polar surface area (TPSA) is 45.2 Å². The highest BCUT2D eigenvalue weighted by molar-refractivity contribution is 6.32. The molecule has 2 heterocycles. The van der Waals surface area contributed by atoms with Gasteiger partial charge < -0.3 is 5.32 Å². The Hall–Kier alpha value is -1.13. The molecule has 0 saturated carbocycles. The number of carbonyl (C=O) groups is 1. The average molecular weight is 282 g/mol. The molecule has 1 aliphatic heterocycles. The summed E-state index contributed by atoms with van der Waals surface area (Å²) in [5.74, 6) is -0.0319. The molecule has 1 aliphatic rings. The Morgan fingerprint density at radius 3 is 2.79 bits per heavy atom. The number of aromatic nitrogens is 1. The molecule has 1 N–H and O–H groups in total. The molecule has 1 aromatic heterocycles.